The van der Waals surface area contributed by atoms with Crippen molar-refractivity contribution in [3.05, 3.63) is 70.5 Å². The van der Waals surface area contributed by atoms with E-state index in [0.717, 1.165) is 0 Å². The van der Waals surface area contributed by atoms with E-state index in [1.807, 2.05) is 0 Å². The SMILES string of the molecule is COc1ccc([C@@H]2CC(=O)Nc3c(C(=O)O)cn(-c4ccc(Cl)cc4)c32)cc1O. The Balaban J connectivity index is 1.94. The van der Waals surface area contributed by atoms with Crippen molar-refractivity contribution in [2.45, 2.75) is 12.3 Å². The lowest BCUT2D eigenvalue weighted by molar-refractivity contribution is -0.116. The Labute approximate surface area is 171 Å². The lowest BCUT2D eigenvalue weighted by Crippen LogP contribution is -2.25. The van der Waals surface area contributed by atoms with Crippen molar-refractivity contribution in [1.82, 2.24) is 4.57 Å². The first-order chi connectivity index (χ1) is 13.9. The number of methoxy groups -OCH3 is 1. The average Bonchev–Trinajstić information content (AvgIpc) is 3.07. The molecule has 1 aliphatic heterocycles. The molecule has 4 rings (SSSR count). The second-order valence-electron chi connectivity index (χ2n) is 6.69. The van der Waals surface area contributed by atoms with Gasteiger partial charge in [0.1, 0.15) is 5.56 Å². The van der Waals surface area contributed by atoms with Crippen LogP contribution in [0.5, 0.6) is 11.5 Å². The number of aromatic hydroxyl groups is 1. The fraction of sp³-hybridized carbons (Fsp3) is 0.143. The molecule has 148 valence electrons. The lowest BCUT2D eigenvalue weighted by atomic mass is 9.88. The number of halogens is 1. The highest BCUT2D eigenvalue weighted by molar-refractivity contribution is 6.30. The second kappa shape index (κ2) is 7.18. The fourth-order valence-electron chi connectivity index (χ4n) is 3.64. The van der Waals surface area contributed by atoms with Crippen molar-refractivity contribution < 1.29 is 24.5 Å². The zero-order chi connectivity index (χ0) is 20.7. The van der Waals surface area contributed by atoms with E-state index in [-0.39, 0.29) is 29.3 Å². The van der Waals surface area contributed by atoms with Gasteiger partial charge in [0.2, 0.25) is 5.91 Å². The van der Waals surface area contributed by atoms with Crippen molar-refractivity contribution in [2.24, 2.45) is 0 Å². The number of nitrogens with one attached hydrogen (secondary N) is 1. The Bertz CT molecular complexity index is 1120. The molecule has 1 atom stereocenters. The molecule has 0 bridgehead atoms. The highest BCUT2D eigenvalue weighted by Crippen LogP contribution is 2.43. The van der Waals surface area contributed by atoms with Crippen LogP contribution in [0.25, 0.3) is 5.69 Å². The number of benzene rings is 2. The van der Waals surface area contributed by atoms with Gasteiger partial charge in [0.25, 0.3) is 0 Å². The summed E-state index contributed by atoms with van der Waals surface area (Å²) in [5.74, 6) is -1.64. The largest absolute Gasteiger partial charge is 0.504 e. The molecule has 3 N–H and O–H groups in total. The maximum Gasteiger partial charge on any atom is 0.339 e. The van der Waals surface area contributed by atoms with Crippen molar-refractivity contribution in [2.75, 3.05) is 12.4 Å². The monoisotopic (exact) mass is 412 g/mol. The number of nitrogens with zero attached hydrogens (tertiary/aromatic N) is 1. The number of aromatic nitrogens is 1. The van der Waals surface area contributed by atoms with Gasteiger partial charge >= 0.3 is 5.97 Å². The van der Waals surface area contributed by atoms with Crippen molar-refractivity contribution in [3.8, 4) is 17.2 Å². The van der Waals surface area contributed by atoms with E-state index in [1.54, 1.807) is 41.0 Å². The number of anilines is 1. The highest BCUT2D eigenvalue weighted by atomic mass is 35.5. The molecule has 1 aliphatic rings. The summed E-state index contributed by atoms with van der Waals surface area (Å²) in [7, 11) is 1.45. The summed E-state index contributed by atoms with van der Waals surface area (Å²) in [4.78, 5) is 24.2. The third-order valence-corrected chi connectivity index (χ3v) is 5.22. The van der Waals surface area contributed by atoms with Crippen LogP contribution in [0.2, 0.25) is 5.02 Å². The first-order valence-corrected chi connectivity index (χ1v) is 9.18. The molecule has 8 heteroatoms. The minimum atomic E-state index is -1.15. The van der Waals surface area contributed by atoms with Crippen LogP contribution in [0.4, 0.5) is 5.69 Å². The fourth-order valence-corrected chi connectivity index (χ4v) is 3.77. The molecule has 1 amide bonds. The van der Waals surface area contributed by atoms with Crippen LogP contribution in [0.3, 0.4) is 0 Å². The molecule has 0 unspecified atom stereocenters. The summed E-state index contributed by atoms with van der Waals surface area (Å²) in [6.07, 6.45) is 1.59. The lowest BCUT2D eigenvalue weighted by Gasteiger charge is -2.26. The normalized spacial score (nSPS) is 15.5. The van der Waals surface area contributed by atoms with Crippen LogP contribution in [0.15, 0.2) is 48.7 Å². The van der Waals surface area contributed by atoms with Crippen LogP contribution in [-0.2, 0) is 4.79 Å². The third-order valence-electron chi connectivity index (χ3n) is 4.97. The van der Waals surface area contributed by atoms with E-state index in [2.05, 4.69) is 5.32 Å². The summed E-state index contributed by atoms with van der Waals surface area (Å²) >= 11 is 5.99. The number of hydrogen-bond acceptors (Lipinski definition) is 4. The van der Waals surface area contributed by atoms with Crippen LogP contribution >= 0.6 is 11.6 Å². The van der Waals surface area contributed by atoms with Crippen molar-refractivity contribution in [3.63, 3.8) is 0 Å². The predicted molar refractivity (Wildman–Crippen MR) is 107 cm³/mol. The molecule has 0 aliphatic carbocycles. The molecule has 2 aromatic carbocycles. The summed E-state index contributed by atoms with van der Waals surface area (Å²) in [5, 5.41) is 23.1. The summed E-state index contributed by atoms with van der Waals surface area (Å²) < 4.78 is 6.83. The highest BCUT2D eigenvalue weighted by Gasteiger charge is 2.34. The molecule has 1 aromatic heterocycles. The molecule has 0 radical (unpaired) electrons. The van der Waals surface area contributed by atoms with Crippen molar-refractivity contribution >= 4 is 29.2 Å². The number of ether oxygens (including phenoxy) is 1. The summed E-state index contributed by atoms with van der Waals surface area (Å²) in [5.41, 5.74) is 2.24. The number of aromatic carboxylic acids is 1. The molecule has 0 saturated carbocycles. The molecular weight excluding hydrogens is 396 g/mol. The van der Waals surface area contributed by atoms with Crippen molar-refractivity contribution in [1.29, 1.82) is 0 Å². The first-order valence-electron chi connectivity index (χ1n) is 8.80. The van der Waals surface area contributed by atoms with Gasteiger partial charge in [0.15, 0.2) is 11.5 Å². The van der Waals surface area contributed by atoms with Gasteiger partial charge in [-0.1, -0.05) is 17.7 Å². The topological polar surface area (TPSA) is 101 Å². The van der Waals surface area contributed by atoms with Crippen LogP contribution in [-0.4, -0.2) is 33.8 Å². The minimum Gasteiger partial charge on any atom is -0.504 e. The van der Waals surface area contributed by atoms with Crippen LogP contribution in [0.1, 0.15) is 34.0 Å². The number of carbonyl (C=O) groups is 2. The molecule has 7 nitrogen and oxygen atoms in total. The van der Waals surface area contributed by atoms with Gasteiger partial charge < -0.3 is 24.8 Å². The van der Waals surface area contributed by atoms with Crippen LogP contribution < -0.4 is 10.1 Å². The number of phenols is 1. The number of rotatable bonds is 4. The van der Waals surface area contributed by atoms with Crippen LogP contribution in [0, 0.1) is 0 Å². The number of carboxylic acid groups (broad SMARTS) is 1. The average molecular weight is 413 g/mol. The molecule has 0 fully saturated rings. The Morgan fingerprint density at radius 2 is 1.97 bits per heavy atom. The smallest absolute Gasteiger partial charge is 0.339 e. The van der Waals surface area contributed by atoms with Gasteiger partial charge in [0, 0.05) is 29.2 Å². The number of carbonyl (C=O) groups excluding carboxylic acids is 1. The maximum atomic E-state index is 12.4. The maximum absolute atomic E-state index is 12.4. The third kappa shape index (κ3) is 3.30. The Morgan fingerprint density at radius 1 is 1.24 bits per heavy atom. The van der Waals surface area contributed by atoms with Gasteiger partial charge in [0.05, 0.1) is 18.5 Å². The number of amides is 1. The summed E-state index contributed by atoms with van der Waals surface area (Å²) in [6.45, 7) is 0. The molecule has 3 aromatic rings. The number of hydrogen-bond donors (Lipinski definition) is 3. The number of fused-ring (bicyclic) bond motifs is 1. The second-order valence-corrected chi connectivity index (χ2v) is 7.13. The Morgan fingerprint density at radius 3 is 2.59 bits per heavy atom. The van der Waals surface area contributed by atoms with Gasteiger partial charge in [-0.25, -0.2) is 4.79 Å². The van der Waals surface area contributed by atoms with E-state index < -0.39 is 11.9 Å². The molecule has 29 heavy (non-hydrogen) atoms. The van der Waals surface area contributed by atoms with Gasteiger partial charge in [-0.3, -0.25) is 4.79 Å². The zero-order valence-corrected chi connectivity index (χ0v) is 16.1. The van der Waals surface area contributed by atoms with Gasteiger partial charge in [-0.05, 0) is 42.0 Å². The number of carboxylic acids is 1. The predicted octanol–water partition coefficient (Wildman–Crippen LogP) is 4.02. The quantitative estimate of drug-likeness (QED) is 0.601. The molecular formula is C21H17ClN2O5. The number of phenolic OH excluding ortho intramolecular Hbond substituents is 1. The zero-order valence-electron chi connectivity index (χ0n) is 15.3. The van der Waals surface area contributed by atoms with E-state index in [9.17, 15) is 19.8 Å². The first kappa shape index (κ1) is 18.9. The molecule has 2 heterocycles. The van der Waals surface area contributed by atoms with Gasteiger partial charge in [-0.2, -0.15) is 0 Å². The molecule has 0 spiro atoms. The standard InChI is InChI=1S/C21H17ClN2O5/c1-29-17-7-2-11(8-16(17)25)14-9-18(26)23-19-15(21(27)28)10-24(20(14)19)13-5-3-12(22)4-6-13/h2-8,10,14,25H,9H2,1H3,(H,23,26)(H,27,28)/t14-/m0/s1. The van der Waals surface area contributed by atoms with E-state index in [4.69, 9.17) is 16.3 Å². The Hall–Kier alpha value is -3.45. The van der Waals surface area contributed by atoms with E-state index in [1.165, 1.54) is 19.4 Å². The summed E-state index contributed by atoms with van der Waals surface area (Å²) in [6, 6.07) is 11.9. The van der Waals surface area contributed by atoms with E-state index in [0.29, 0.717) is 27.7 Å². The van der Waals surface area contributed by atoms with E-state index >= 15 is 0 Å². The van der Waals surface area contributed by atoms with Gasteiger partial charge in [-0.15, -0.1) is 0 Å². The minimum absolute atomic E-state index is 0.00858. The molecule has 0 saturated heterocycles. The Kier molecular flexibility index (Phi) is 4.68.